The standard InChI is InChI=1S/C12H27P.C7H14N2.C3H5ClO2.C2H4Cl2.C2H6OS/c1-4-7-10-13(11-8-5-2)12-9-6-3;1-6(2)8-5-9-7(3)4;1-2-6-3(4)5;3-1-2-4;1-4(2)3/h4-12H2,1-3H3;6-7H,1-4H3;2H2,1H3;1-2H2;1-2H3. The van der Waals surface area contributed by atoms with Crippen LogP contribution in [0.15, 0.2) is 9.98 Å². The maximum absolute atomic E-state index is 9.59. The number of aliphatic imine (C=N–C) groups is 2. The summed E-state index contributed by atoms with van der Waals surface area (Å²) in [5.41, 5.74) is -0.738. The number of rotatable bonds is 13. The zero-order valence-electron chi connectivity index (χ0n) is 24.7. The van der Waals surface area contributed by atoms with Crippen molar-refractivity contribution >= 4 is 65.0 Å². The van der Waals surface area contributed by atoms with Gasteiger partial charge in [0.2, 0.25) is 0 Å². The Balaban J connectivity index is -0.000000121. The first-order valence-corrected chi connectivity index (χ1v) is 18.3. The second-order valence-electron chi connectivity index (χ2n) is 8.24. The van der Waals surface area contributed by atoms with Crippen LogP contribution in [0.1, 0.15) is 93.9 Å². The van der Waals surface area contributed by atoms with E-state index in [1.165, 1.54) is 38.5 Å². The maximum atomic E-state index is 9.59. The molecule has 0 aliphatic rings. The van der Waals surface area contributed by atoms with Crippen molar-refractivity contribution in [3.05, 3.63) is 0 Å². The molecule has 5 nitrogen and oxygen atoms in total. The van der Waals surface area contributed by atoms with Crippen molar-refractivity contribution in [3.63, 3.8) is 0 Å². The van der Waals surface area contributed by atoms with Crippen molar-refractivity contribution in [2.45, 2.75) is 106 Å². The zero-order valence-corrected chi connectivity index (χ0v) is 28.7. The van der Waals surface area contributed by atoms with Crippen molar-refractivity contribution in [3.8, 4) is 0 Å². The smallest absolute Gasteiger partial charge is 0.403 e. The monoisotopic (exact) mass is 612 g/mol. The molecule has 0 saturated carbocycles. The topological polar surface area (TPSA) is 68.1 Å². The van der Waals surface area contributed by atoms with E-state index in [9.17, 15) is 9.00 Å². The number of alkyl halides is 2. The summed E-state index contributed by atoms with van der Waals surface area (Å²) < 4.78 is 13.7. The number of halogens is 3. The predicted octanol–water partition coefficient (Wildman–Crippen LogP) is 9.69. The Morgan fingerprint density at radius 2 is 1.14 bits per heavy atom. The summed E-state index contributed by atoms with van der Waals surface area (Å²) in [6.07, 6.45) is 16.5. The van der Waals surface area contributed by atoms with Crippen molar-refractivity contribution in [2.75, 3.05) is 49.4 Å². The number of carbonyl (C=O) groups is 1. The van der Waals surface area contributed by atoms with E-state index in [4.69, 9.17) is 34.8 Å². The average molecular weight is 614 g/mol. The van der Waals surface area contributed by atoms with Crippen molar-refractivity contribution in [2.24, 2.45) is 9.98 Å². The molecule has 0 N–H and O–H groups in total. The number of hydrogen-bond donors (Lipinski definition) is 0. The fourth-order valence-corrected chi connectivity index (χ4v) is 4.93. The molecular weight excluding hydrogens is 558 g/mol. The molecule has 0 aromatic carbocycles. The minimum absolute atomic E-state index is 0.312. The Morgan fingerprint density at radius 1 is 0.833 bits per heavy atom. The number of ether oxygens (including phenoxy) is 1. The molecule has 0 radical (unpaired) electrons. The van der Waals surface area contributed by atoms with Gasteiger partial charge in [-0.05, 0) is 72.4 Å². The third kappa shape index (κ3) is 76.5. The summed E-state index contributed by atoms with van der Waals surface area (Å²) in [6, 6.07) is 3.26. The van der Waals surface area contributed by atoms with Gasteiger partial charge < -0.3 is 4.74 Å². The second kappa shape index (κ2) is 42.4. The van der Waals surface area contributed by atoms with Gasteiger partial charge in [0.1, 0.15) is 0 Å². The van der Waals surface area contributed by atoms with Gasteiger partial charge in [0.15, 0.2) is 0 Å². The fourth-order valence-electron chi connectivity index (χ4n) is 1.86. The summed E-state index contributed by atoms with van der Waals surface area (Å²) in [4.78, 5) is 17.5. The van der Waals surface area contributed by atoms with Gasteiger partial charge in [-0.3, -0.25) is 4.21 Å². The lowest BCUT2D eigenvalue weighted by molar-refractivity contribution is 0.180. The third-order valence-corrected chi connectivity index (χ3v) is 6.97. The maximum Gasteiger partial charge on any atom is 0.403 e. The summed E-state index contributed by atoms with van der Waals surface area (Å²) >= 11 is 14.8. The van der Waals surface area contributed by atoms with Crippen LogP contribution in [0.25, 0.3) is 0 Å². The molecule has 0 spiro atoms. The van der Waals surface area contributed by atoms with E-state index in [1.54, 1.807) is 37.9 Å². The third-order valence-electron chi connectivity index (χ3n) is 3.44. The summed E-state index contributed by atoms with van der Waals surface area (Å²) in [6.45, 7) is 17.0. The molecule has 0 aromatic heterocycles. The van der Waals surface area contributed by atoms with E-state index in [0.717, 1.165) is 0 Å². The fraction of sp³-hybridized carbons (Fsp3) is 0.923. The highest BCUT2D eigenvalue weighted by atomic mass is 35.5. The SMILES string of the molecule is CC(C)N=C=NC(C)C.CCCCP(CCCC)CCCC.CCOC(=O)Cl.CS(C)=O.ClCCCl. The molecule has 36 heavy (non-hydrogen) atoms. The predicted molar refractivity (Wildman–Crippen MR) is 171 cm³/mol. The normalized spacial score (nSPS) is 9.47. The van der Waals surface area contributed by atoms with Crippen LogP contribution >= 0.6 is 42.7 Å². The van der Waals surface area contributed by atoms with E-state index < -0.39 is 16.2 Å². The summed E-state index contributed by atoms with van der Waals surface area (Å²) in [7, 11) is -0.189. The van der Waals surface area contributed by atoms with Gasteiger partial charge in [-0.25, -0.2) is 14.8 Å². The number of nitrogens with zero attached hydrogens (tertiary/aromatic N) is 2. The Bertz CT molecular complexity index is 472. The minimum atomic E-state index is -0.738. The second-order valence-corrected chi connectivity index (χ2v) is 13.5. The van der Waals surface area contributed by atoms with Gasteiger partial charge in [-0.1, -0.05) is 40.0 Å². The molecule has 0 rings (SSSR count). The first kappa shape index (κ1) is 46.2. The van der Waals surface area contributed by atoms with Crippen LogP contribution in [0.5, 0.6) is 0 Å². The van der Waals surface area contributed by atoms with Gasteiger partial charge in [0.25, 0.3) is 0 Å². The Labute approximate surface area is 243 Å². The lowest BCUT2D eigenvalue weighted by Crippen LogP contribution is -1.95. The van der Waals surface area contributed by atoms with Crippen LogP contribution in [0, 0.1) is 0 Å². The summed E-state index contributed by atoms with van der Waals surface area (Å²) in [5.74, 6) is 1.11. The molecule has 0 amide bonds. The molecule has 0 aliphatic heterocycles. The van der Waals surface area contributed by atoms with Gasteiger partial charge in [-0.15, -0.1) is 31.1 Å². The van der Waals surface area contributed by atoms with Crippen LogP contribution in [0.4, 0.5) is 4.79 Å². The van der Waals surface area contributed by atoms with Gasteiger partial charge >= 0.3 is 5.43 Å². The number of carbonyl (C=O) groups excluding carboxylic acids is 1. The molecule has 0 bridgehead atoms. The lowest BCUT2D eigenvalue weighted by Gasteiger charge is -2.16. The van der Waals surface area contributed by atoms with Crippen LogP contribution in [0.2, 0.25) is 0 Å². The molecule has 0 aromatic rings. The molecule has 0 fully saturated rings. The first-order chi connectivity index (χ1) is 16.9. The van der Waals surface area contributed by atoms with E-state index in [1.807, 2.05) is 27.7 Å². The highest BCUT2D eigenvalue weighted by molar-refractivity contribution is 7.83. The first-order valence-electron chi connectivity index (χ1n) is 13.0. The number of hydrogen-bond acceptors (Lipinski definition) is 5. The van der Waals surface area contributed by atoms with Crippen molar-refractivity contribution in [1.82, 2.24) is 0 Å². The molecule has 0 heterocycles. The lowest BCUT2D eigenvalue weighted by atomic mass is 10.4. The summed E-state index contributed by atoms with van der Waals surface area (Å²) in [5, 5.41) is 0. The minimum Gasteiger partial charge on any atom is -0.454 e. The van der Waals surface area contributed by atoms with Crippen LogP contribution in [-0.4, -0.2) is 77.1 Å². The van der Waals surface area contributed by atoms with Crippen LogP contribution < -0.4 is 0 Å². The van der Waals surface area contributed by atoms with E-state index in [0.29, 0.717) is 38.4 Å². The molecule has 0 saturated heterocycles. The van der Waals surface area contributed by atoms with Crippen molar-refractivity contribution < 1.29 is 13.7 Å². The highest BCUT2D eigenvalue weighted by Gasteiger charge is 2.05. The van der Waals surface area contributed by atoms with E-state index in [2.05, 4.69) is 41.5 Å². The Kier molecular flexibility index (Phi) is 54.4. The highest BCUT2D eigenvalue weighted by Crippen LogP contribution is 2.38. The van der Waals surface area contributed by atoms with Gasteiger partial charge in [-0.2, -0.15) is 0 Å². The van der Waals surface area contributed by atoms with E-state index >= 15 is 0 Å². The zero-order chi connectivity index (χ0) is 29.2. The largest absolute Gasteiger partial charge is 0.454 e. The molecule has 0 atom stereocenters. The van der Waals surface area contributed by atoms with Crippen molar-refractivity contribution in [1.29, 1.82) is 0 Å². The van der Waals surface area contributed by atoms with Gasteiger partial charge in [0.05, 0.1) is 24.7 Å². The van der Waals surface area contributed by atoms with Crippen LogP contribution in [-0.2, 0) is 15.5 Å². The molecular formula is C26H56Cl3N2O3PS. The Hall–Kier alpha value is 0.300. The molecule has 0 unspecified atom stereocenters. The van der Waals surface area contributed by atoms with Gasteiger partial charge in [0, 0.05) is 46.7 Å². The molecule has 0 aliphatic carbocycles. The molecule has 10 heteroatoms. The van der Waals surface area contributed by atoms with E-state index in [-0.39, 0.29) is 0 Å². The average Bonchev–Trinajstić information content (AvgIpc) is 2.78. The number of unbranched alkanes of at least 4 members (excludes halogenated alkanes) is 3. The quantitative estimate of drug-likeness (QED) is 0.0898. The molecule has 220 valence electrons. The Morgan fingerprint density at radius 3 is 1.28 bits per heavy atom. The van der Waals surface area contributed by atoms with Crippen LogP contribution in [0.3, 0.4) is 0 Å².